The van der Waals surface area contributed by atoms with Gasteiger partial charge in [-0.1, -0.05) is 173 Å². The van der Waals surface area contributed by atoms with Crippen molar-refractivity contribution >= 4 is 43.1 Å². The number of unbranched alkanes of at least 4 members (excludes halogenated alkanes) is 18. The lowest BCUT2D eigenvalue weighted by Gasteiger charge is -2.44. The van der Waals surface area contributed by atoms with Crippen molar-refractivity contribution in [3.05, 3.63) is 137 Å². The van der Waals surface area contributed by atoms with Gasteiger partial charge in [-0.15, -0.1) is 0 Å². The molecule has 4 unspecified atom stereocenters. The van der Waals surface area contributed by atoms with Crippen molar-refractivity contribution in [1.82, 2.24) is 18.3 Å². The molecule has 0 amide bonds. The lowest BCUT2D eigenvalue weighted by Crippen LogP contribution is -2.35. The third-order valence-corrected chi connectivity index (χ3v) is 17.8. The number of fused-ring (bicyclic) bond motifs is 4. The molecule has 4 atom stereocenters. The molecule has 1 fully saturated rings. The predicted molar refractivity (Wildman–Crippen MR) is 311 cm³/mol. The Morgan fingerprint density at radius 3 is 1.05 bits per heavy atom. The van der Waals surface area contributed by atoms with E-state index in [1.165, 1.54) is 169 Å². The molecule has 0 radical (unpaired) electrons. The molecule has 76 heavy (non-hydrogen) atoms. The SMILES string of the molecule is CCCCCCCCC1C(CCCCCC)CCC(CCCCCCCCn2c(=O)c3cc4c(=O)n(-c5ccc(C)cc5)c(=O)c4cc3c2=O)C1CCCCCCCCn1c(=O)c2cc3c(=O)n(C)c(=O)c3cc2c1=O. The summed E-state index contributed by atoms with van der Waals surface area (Å²) in [6.07, 6.45) is 33.9. The molecular formula is C64H84N4O8. The van der Waals surface area contributed by atoms with Gasteiger partial charge in [0.15, 0.2) is 0 Å². The van der Waals surface area contributed by atoms with E-state index < -0.39 is 33.4 Å². The van der Waals surface area contributed by atoms with Crippen LogP contribution in [0.3, 0.4) is 0 Å². The Morgan fingerprint density at radius 2 is 0.671 bits per heavy atom. The van der Waals surface area contributed by atoms with Gasteiger partial charge in [-0.3, -0.25) is 52.1 Å². The van der Waals surface area contributed by atoms with Gasteiger partial charge in [-0.2, -0.15) is 0 Å². The maximum absolute atomic E-state index is 13.5. The zero-order valence-electron chi connectivity index (χ0n) is 46.2. The molecule has 0 aliphatic heterocycles. The molecule has 1 saturated carbocycles. The first-order valence-corrected chi connectivity index (χ1v) is 29.7. The molecular weight excluding hydrogens is 953 g/mol. The molecule has 0 N–H and O–H groups in total. The molecule has 4 aromatic heterocycles. The summed E-state index contributed by atoms with van der Waals surface area (Å²) in [6.45, 7) is 7.18. The zero-order chi connectivity index (χ0) is 53.9. The van der Waals surface area contributed by atoms with Gasteiger partial charge in [0.1, 0.15) is 0 Å². The van der Waals surface area contributed by atoms with Gasteiger partial charge < -0.3 is 0 Å². The van der Waals surface area contributed by atoms with Gasteiger partial charge in [0.2, 0.25) is 0 Å². The van der Waals surface area contributed by atoms with Crippen molar-refractivity contribution in [2.45, 2.75) is 214 Å². The molecule has 7 aromatic rings. The normalized spacial score (nSPS) is 17.2. The van der Waals surface area contributed by atoms with Crippen LogP contribution in [-0.4, -0.2) is 18.3 Å². The molecule has 3 aromatic carbocycles. The fourth-order valence-electron chi connectivity index (χ4n) is 13.4. The van der Waals surface area contributed by atoms with Crippen LogP contribution in [0.15, 0.2) is 86.9 Å². The monoisotopic (exact) mass is 1040 g/mol. The highest BCUT2D eigenvalue weighted by Crippen LogP contribution is 2.48. The molecule has 408 valence electrons. The van der Waals surface area contributed by atoms with Gasteiger partial charge in [0.05, 0.1) is 48.8 Å². The molecule has 12 heteroatoms. The highest BCUT2D eigenvalue weighted by Gasteiger charge is 2.38. The van der Waals surface area contributed by atoms with Crippen molar-refractivity contribution in [3.8, 4) is 5.69 Å². The Hall–Kier alpha value is -5.78. The quantitative estimate of drug-likeness (QED) is 0.0389. The Morgan fingerprint density at radius 1 is 0.368 bits per heavy atom. The molecule has 0 saturated heterocycles. The number of hydrogen-bond acceptors (Lipinski definition) is 8. The van der Waals surface area contributed by atoms with E-state index in [0.717, 1.165) is 89.7 Å². The third kappa shape index (κ3) is 12.5. The summed E-state index contributed by atoms with van der Waals surface area (Å²) >= 11 is 0. The maximum atomic E-state index is 13.5. The Balaban J connectivity index is 0.824. The minimum atomic E-state index is -0.483. The molecule has 8 rings (SSSR count). The first kappa shape index (κ1) is 56.4. The maximum Gasteiger partial charge on any atom is 0.266 e. The summed E-state index contributed by atoms with van der Waals surface area (Å²) in [7, 11) is 1.41. The second-order valence-electron chi connectivity index (χ2n) is 23.0. The van der Waals surface area contributed by atoms with Crippen LogP contribution in [0.1, 0.15) is 199 Å². The Bertz CT molecular complexity index is 3340. The molecule has 1 aliphatic rings. The Labute approximate surface area is 446 Å². The number of rotatable bonds is 31. The standard InChI is InChI=1S/C64H84N4O8/c1-5-7-9-11-17-23-29-47-44(27-21-10-8-6-2)33-34-45(48(47)30-24-18-13-15-20-26-37-66-59(71)51-39-49-50(40-52(51)60(66)72)58(70)65(4)57(49)69)28-22-16-12-14-19-25-38-67-61(73)53-41-55-56(42-54(53)62(67)74)64(76)68(63(55)75)46-35-31-43(3)32-36-46/h31-32,35-36,39-42,44-45,47-48H,5-30,33-34,37-38H2,1-4H3. The highest BCUT2D eigenvalue weighted by molar-refractivity contribution is 5.99. The zero-order valence-corrected chi connectivity index (χ0v) is 46.2. The molecule has 1 aliphatic carbocycles. The lowest BCUT2D eigenvalue weighted by atomic mass is 9.61. The third-order valence-electron chi connectivity index (χ3n) is 17.8. The minimum Gasteiger partial charge on any atom is -0.277 e. The van der Waals surface area contributed by atoms with Crippen molar-refractivity contribution in [2.75, 3.05) is 0 Å². The van der Waals surface area contributed by atoms with E-state index in [2.05, 4.69) is 13.8 Å². The summed E-state index contributed by atoms with van der Waals surface area (Å²) in [5.74, 6) is 3.18. The predicted octanol–water partition coefficient (Wildman–Crippen LogP) is 12.1. The van der Waals surface area contributed by atoms with Gasteiger partial charge in [-0.05, 0) is 106 Å². The van der Waals surface area contributed by atoms with E-state index in [1.807, 2.05) is 19.1 Å². The molecule has 0 spiro atoms. The van der Waals surface area contributed by atoms with Crippen molar-refractivity contribution in [3.63, 3.8) is 0 Å². The fraction of sp³-hybridized carbons (Fsp3) is 0.594. The number of aryl methyl sites for hydroxylation is 1. The molecule has 4 heterocycles. The minimum absolute atomic E-state index is 0.161. The summed E-state index contributed by atoms with van der Waals surface area (Å²) in [6, 6.07) is 12.9. The Kier molecular flexibility index (Phi) is 19.7. The number of nitrogens with zero attached hydrogens (tertiary/aromatic N) is 4. The summed E-state index contributed by atoms with van der Waals surface area (Å²) < 4.78 is 4.71. The van der Waals surface area contributed by atoms with Crippen LogP contribution in [0.5, 0.6) is 0 Å². The molecule has 12 nitrogen and oxygen atoms in total. The highest BCUT2D eigenvalue weighted by atomic mass is 16.2. The van der Waals surface area contributed by atoms with Crippen LogP contribution in [-0.2, 0) is 20.1 Å². The van der Waals surface area contributed by atoms with Crippen LogP contribution in [0.4, 0.5) is 0 Å². The molecule has 0 bridgehead atoms. The van der Waals surface area contributed by atoms with Crippen molar-refractivity contribution in [2.24, 2.45) is 30.7 Å². The second-order valence-corrected chi connectivity index (χ2v) is 23.0. The van der Waals surface area contributed by atoms with Crippen molar-refractivity contribution in [1.29, 1.82) is 0 Å². The average molecular weight is 1040 g/mol. The van der Waals surface area contributed by atoms with Crippen LogP contribution in [0, 0.1) is 30.6 Å². The fourth-order valence-corrected chi connectivity index (χ4v) is 13.4. The van der Waals surface area contributed by atoms with Gasteiger partial charge in [0, 0.05) is 20.1 Å². The van der Waals surface area contributed by atoms with Gasteiger partial charge in [-0.25, -0.2) is 4.57 Å². The van der Waals surface area contributed by atoms with Gasteiger partial charge in [0.25, 0.3) is 44.5 Å². The smallest absolute Gasteiger partial charge is 0.266 e. The largest absolute Gasteiger partial charge is 0.277 e. The van der Waals surface area contributed by atoms with E-state index in [-0.39, 0.29) is 54.2 Å². The number of hydrogen-bond donors (Lipinski definition) is 0. The topological polar surface area (TPSA) is 156 Å². The van der Waals surface area contributed by atoms with Crippen LogP contribution in [0.2, 0.25) is 0 Å². The first-order valence-electron chi connectivity index (χ1n) is 29.7. The average Bonchev–Trinajstić information content (AvgIpc) is 3.99. The lowest BCUT2D eigenvalue weighted by molar-refractivity contribution is 0.0581. The summed E-state index contributed by atoms with van der Waals surface area (Å²) in [5, 5.41) is 1.53. The van der Waals surface area contributed by atoms with E-state index in [9.17, 15) is 38.4 Å². The second kappa shape index (κ2) is 26.5. The number of benzene rings is 3. The number of aromatic nitrogens is 4. The van der Waals surface area contributed by atoms with E-state index in [0.29, 0.717) is 18.8 Å². The first-order chi connectivity index (χ1) is 36.9. The van der Waals surface area contributed by atoms with E-state index in [1.54, 1.807) is 12.1 Å². The van der Waals surface area contributed by atoms with Crippen LogP contribution < -0.4 is 44.5 Å². The van der Waals surface area contributed by atoms with E-state index in [4.69, 9.17) is 0 Å². The summed E-state index contributed by atoms with van der Waals surface area (Å²) in [5.41, 5.74) is -1.95. The van der Waals surface area contributed by atoms with E-state index >= 15 is 0 Å². The summed E-state index contributed by atoms with van der Waals surface area (Å²) in [4.78, 5) is 106. The van der Waals surface area contributed by atoms with Crippen LogP contribution in [0.25, 0.3) is 48.8 Å². The van der Waals surface area contributed by atoms with Crippen LogP contribution >= 0.6 is 0 Å². The van der Waals surface area contributed by atoms with Crippen molar-refractivity contribution < 1.29 is 0 Å². The van der Waals surface area contributed by atoms with Gasteiger partial charge >= 0.3 is 0 Å².